The summed E-state index contributed by atoms with van der Waals surface area (Å²) in [7, 11) is 0. The first-order valence-electron chi connectivity index (χ1n) is 21.7. The summed E-state index contributed by atoms with van der Waals surface area (Å²) in [6.45, 7) is 26.3. The second kappa shape index (κ2) is 13.9. The summed E-state index contributed by atoms with van der Waals surface area (Å²) >= 11 is 0. The van der Waals surface area contributed by atoms with Gasteiger partial charge in [-0.25, -0.2) is 0 Å². The standard InChI is InChI=1S/C52H68N2O2/c1-49(2,3)30-16-21-37-38-22-17-33(28-42(38)45(39(37)25-30)47(55)43-13-12-24-53-43)52(10,11)29-34-18-23-44(54-34)48(56)46-40-26-31(50(4,5)6)14-19-35(40)36-20-15-32(27-41(36)46)51(7,8)9/h14-17,19-22,25-28,34,43-48,53-56H,12-13,18,23-24,29H2,1-11H3/t34?,43-,44+,45?,47-,48+/m0/s1. The van der Waals surface area contributed by atoms with Crippen molar-refractivity contribution in [3.63, 3.8) is 0 Å². The van der Waals surface area contributed by atoms with Crippen LogP contribution in [0.4, 0.5) is 0 Å². The number of hydrogen-bond donors (Lipinski definition) is 4. The van der Waals surface area contributed by atoms with E-state index in [0.29, 0.717) is 6.04 Å². The van der Waals surface area contributed by atoms with Gasteiger partial charge in [0.2, 0.25) is 0 Å². The second-order valence-electron chi connectivity index (χ2n) is 21.7. The molecular formula is C52H68N2O2. The fraction of sp³-hybridized carbons (Fsp3) is 0.538. The summed E-state index contributed by atoms with van der Waals surface area (Å²) in [5.74, 6) is -0.115. The van der Waals surface area contributed by atoms with Crippen LogP contribution in [0, 0.1) is 0 Å². The van der Waals surface area contributed by atoms with E-state index in [1.54, 1.807) is 0 Å². The lowest BCUT2D eigenvalue weighted by Crippen LogP contribution is -2.43. The average Bonchev–Trinajstić information content (AvgIpc) is 3.93. The van der Waals surface area contributed by atoms with Crippen molar-refractivity contribution in [3.8, 4) is 22.3 Å². The van der Waals surface area contributed by atoms with Crippen LogP contribution in [0.5, 0.6) is 0 Å². The van der Waals surface area contributed by atoms with Crippen molar-refractivity contribution in [1.82, 2.24) is 10.6 Å². The van der Waals surface area contributed by atoms with Gasteiger partial charge < -0.3 is 20.8 Å². The van der Waals surface area contributed by atoms with Crippen LogP contribution in [0.15, 0.2) is 72.8 Å². The first-order valence-corrected chi connectivity index (χ1v) is 21.7. The minimum atomic E-state index is -0.531. The van der Waals surface area contributed by atoms with Gasteiger partial charge in [-0.3, -0.25) is 0 Å². The van der Waals surface area contributed by atoms with Crippen molar-refractivity contribution >= 4 is 0 Å². The van der Waals surface area contributed by atoms with Gasteiger partial charge in [0.1, 0.15) is 0 Å². The normalized spacial score (nSPS) is 23.5. The number of aliphatic hydroxyl groups is 2. The van der Waals surface area contributed by atoms with Crippen LogP contribution >= 0.6 is 0 Å². The summed E-state index contributed by atoms with van der Waals surface area (Å²) in [5.41, 5.74) is 15.4. The highest BCUT2D eigenvalue weighted by Crippen LogP contribution is 2.52. The van der Waals surface area contributed by atoms with Gasteiger partial charge in [-0.15, -0.1) is 0 Å². The fourth-order valence-electron chi connectivity index (χ4n) is 10.6. The van der Waals surface area contributed by atoms with E-state index >= 15 is 0 Å². The maximum Gasteiger partial charge on any atom is 0.0802 e. The Balaban J connectivity index is 1.06. The largest absolute Gasteiger partial charge is 0.391 e. The lowest BCUT2D eigenvalue weighted by molar-refractivity contribution is 0.117. The summed E-state index contributed by atoms with van der Waals surface area (Å²) in [5, 5.41) is 32.2. The number of benzene rings is 4. The predicted octanol–water partition coefficient (Wildman–Crippen LogP) is 10.8. The topological polar surface area (TPSA) is 64.5 Å². The highest BCUT2D eigenvalue weighted by atomic mass is 16.3. The second-order valence-corrected chi connectivity index (χ2v) is 21.7. The van der Waals surface area contributed by atoms with E-state index in [1.165, 1.54) is 66.8 Å². The third kappa shape index (κ3) is 7.01. The molecule has 0 bridgehead atoms. The molecule has 2 heterocycles. The summed E-state index contributed by atoms with van der Waals surface area (Å²) in [4.78, 5) is 0. The molecule has 2 aliphatic carbocycles. The number of nitrogens with one attached hydrogen (secondary N) is 2. The smallest absolute Gasteiger partial charge is 0.0802 e. The number of fused-ring (bicyclic) bond motifs is 6. The highest BCUT2D eigenvalue weighted by Gasteiger charge is 2.43. The molecule has 0 radical (unpaired) electrons. The van der Waals surface area contributed by atoms with Gasteiger partial charge in [0.25, 0.3) is 0 Å². The minimum absolute atomic E-state index is 0.0150. The average molecular weight is 753 g/mol. The zero-order valence-electron chi connectivity index (χ0n) is 36.1. The molecule has 0 saturated carbocycles. The maximum absolute atomic E-state index is 12.5. The third-order valence-electron chi connectivity index (χ3n) is 14.1. The van der Waals surface area contributed by atoms with Crippen molar-refractivity contribution < 1.29 is 10.2 Å². The van der Waals surface area contributed by atoms with Crippen LogP contribution in [-0.2, 0) is 21.7 Å². The van der Waals surface area contributed by atoms with E-state index in [2.05, 4.69) is 160 Å². The van der Waals surface area contributed by atoms with Crippen molar-refractivity contribution in [3.05, 3.63) is 117 Å². The molecule has 6 atom stereocenters. The minimum Gasteiger partial charge on any atom is -0.391 e. The van der Waals surface area contributed by atoms with Crippen molar-refractivity contribution in [2.45, 2.75) is 172 Å². The van der Waals surface area contributed by atoms with E-state index in [-0.39, 0.29) is 45.6 Å². The Morgan fingerprint density at radius 1 is 0.518 bits per heavy atom. The highest BCUT2D eigenvalue weighted by molar-refractivity contribution is 5.81. The molecule has 2 fully saturated rings. The molecule has 4 aromatic carbocycles. The number of rotatable bonds is 7. The van der Waals surface area contributed by atoms with Crippen LogP contribution < -0.4 is 10.6 Å². The van der Waals surface area contributed by atoms with Gasteiger partial charge in [-0.2, -0.15) is 0 Å². The molecule has 0 spiro atoms. The molecule has 8 rings (SSSR count). The van der Waals surface area contributed by atoms with Crippen LogP contribution in [0.2, 0.25) is 0 Å². The molecule has 4 aromatic rings. The van der Waals surface area contributed by atoms with Gasteiger partial charge in [-0.1, -0.05) is 149 Å². The Kier molecular flexibility index (Phi) is 9.84. The Morgan fingerprint density at radius 3 is 1.30 bits per heavy atom. The molecule has 4 aliphatic rings. The van der Waals surface area contributed by atoms with E-state index in [9.17, 15) is 10.2 Å². The molecule has 2 aliphatic heterocycles. The molecule has 298 valence electrons. The van der Waals surface area contributed by atoms with Crippen molar-refractivity contribution in [2.24, 2.45) is 0 Å². The molecule has 2 unspecified atom stereocenters. The molecule has 56 heavy (non-hydrogen) atoms. The predicted molar refractivity (Wildman–Crippen MR) is 234 cm³/mol. The van der Waals surface area contributed by atoms with Crippen LogP contribution in [0.25, 0.3) is 22.3 Å². The molecular weight excluding hydrogens is 685 g/mol. The monoisotopic (exact) mass is 753 g/mol. The number of aliphatic hydroxyl groups excluding tert-OH is 2. The Labute approximate surface area is 337 Å². The van der Waals surface area contributed by atoms with Gasteiger partial charge in [0.05, 0.1) is 12.2 Å². The fourth-order valence-corrected chi connectivity index (χ4v) is 10.6. The quantitative estimate of drug-likeness (QED) is 0.152. The summed E-state index contributed by atoms with van der Waals surface area (Å²) in [6.07, 6.45) is 4.10. The Hall–Kier alpha value is -3.28. The SMILES string of the molecule is CC(C)(C)c1ccc2c(c1)C([C@@H](O)[C@@H]1CCCN1)c1cc(C(C)(C)CC3CC[C@H]([C@@H](O)C4c5cc(C(C)(C)C)ccc5-c5ccc(C(C)(C)C)cc54)N3)ccc1-2. The zero-order chi connectivity index (χ0) is 40.1. The summed E-state index contributed by atoms with van der Waals surface area (Å²) in [6, 6.07) is 28.5. The van der Waals surface area contributed by atoms with Crippen LogP contribution in [-0.4, -0.2) is 47.1 Å². The molecule has 2 saturated heterocycles. The third-order valence-corrected chi connectivity index (χ3v) is 14.1. The molecule has 0 aromatic heterocycles. The maximum atomic E-state index is 12.5. The Morgan fingerprint density at radius 2 is 0.911 bits per heavy atom. The van der Waals surface area contributed by atoms with Gasteiger partial charge in [-0.05, 0) is 127 Å². The zero-order valence-corrected chi connectivity index (χ0v) is 36.1. The van der Waals surface area contributed by atoms with E-state index < -0.39 is 12.2 Å². The summed E-state index contributed by atoms with van der Waals surface area (Å²) < 4.78 is 0. The molecule has 0 amide bonds. The van der Waals surface area contributed by atoms with Crippen LogP contribution in [0.3, 0.4) is 0 Å². The lowest BCUT2D eigenvalue weighted by Gasteiger charge is -2.32. The van der Waals surface area contributed by atoms with Crippen molar-refractivity contribution in [2.75, 3.05) is 6.54 Å². The van der Waals surface area contributed by atoms with Gasteiger partial charge in [0.15, 0.2) is 0 Å². The van der Waals surface area contributed by atoms with Gasteiger partial charge in [0, 0.05) is 30.0 Å². The first-order chi connectivity index (χ1) is 26.2. The first kappa shape index (κ1) is 39.5. The van der Waals surface area contributed by atoms with Gasteiger partial charge >= 0.3 is 0 Å². The van der Waals surface area contributed by atoms with E-state index in [1.807, 2.05) is 0 Å². The molecule has 4 N–H and O–H groups in total. The van der Waals surface area contributed by atoms with Crippen LogP contribution in [0.1, 0.15) is 165 Å². The van der Waals surface area contributed by atoms with E-state index in [4.69, 9.17) is 0 Å². The number of hydrogen-bond acceptors (Lipinski definition) is 4. The molecule has 4 nitrogen and oxygen atoms in total. The lowest BCUT2D eigenvalue weighted by atomic mass is 9.76. The Bertz CT molecular complexity index is 2050. The van der Waals surface area contributed by atoms with E-state index in [0.717, 1.165) is 38.6 Å². The molecule has 4 heteroatoms. The van der Waals surface area contributed by atoms with Crippen molar-refractivity contribution in [1.29, 1.82) is 0 Å².